The number of hydrogen-bond donors (Lipinski definition) is 0. The van der Waals surface area contributed by atoms with Crippen LogP contribution in [0.3, 0.4) is 0 Å². The first-order valence-corrected chi connectivity index (χ1v) is 10.7. The quantitative estimate of drug-likeness (QED) is 0.460. The van der Waals surface area contributed by atoms with Crippen LogP contribution in [-0.2, 0) is 6.42 Å². The maximum Gasteiger partial charge on any atom is 0.396 e. The topological polar surface area (TPSA) is 9.23 Å². The molecule has 1 aliphatic carbocycles. The Hall–Kier alpha value is -1.97. The fourth-order valence-electron chi connectivity index (χ4n) is 4.64. The summed E-state index contributed by atoms with van der Waals surface area (Å²) in [6.07, 6.45) is 3.13. The molecule has 0 saturated heterocycles. The highest BCUT2D eigenvalue weighted by molar-refractivity contribution is 5.34. The molecule has 0 aromatic heterocycles. The van der Waals surface area contributed by atoms with Crippen LogP contribution in [0.1, 0.15) is 74.0 Å². The Balaban J connectivity index is 1.69. The van der Waals surface area contributed by atoms with Crippen molar-refractivity contribution in [1.82, 2.24) is 0 Å². The number of benzene rings is 2. The van der Waals surface area contributed by atoms with Crippen LogP contribution in [0.4, 0.5) is 13.2 Å². The predicted molar refractivity (Wildman–Crippen MR) is 112 cm³/mol. The zero-order valence-electron chi connectivity index (χ0n) is 17.3. The van der Waals surface area contributed by atoms with Crippen molar-refractivity contribution in [2.24, 2.45) is 5.92 Å². The molecule has 0 heterocycles. The molecule has 0 N–H and O–H groups in total. The van der Waals surface area contributed by atoms with Crippen LogP contribution in [0.2, 0.25) is 0 Å². The second-order valence-corrected chi connectivity index (χ2v) is 8.32. The van der Waals surface area contributed by atoms with Crippen molar-refractivity contribution < 1.29 is 17.9 Å². The molecule has 4 heteroatoms. The molecule has 1 atom stereocenters. The smallest absolute Gasteiger partial charge is 0.396 e. The maximum atomic E-state index is 13.8. The molecular weight excluding hydrogens is 373 g/mol. The van der Waals surface area contributed by atoms with E-state index >= 15 is 0 Å². The van der Waals surface area contributed by atoms with E-state index in [-0.39, 0.29) is 12.0 Å². The fraction of sp³-hybridized carbons (Fsp3) is 0.520. The lowest BCUT2D eigenvalue weighted by Crippen LogP contribution is -2.23. The first-order valence-electron chi connectivity index (χ1n) is 10.7. The monoisotopic (exact) mass is 404 g/mol. The second kappa shape index (κ2) is 9.69. The van der Waals surface area contributed by atoms with E-state index in [1.165, 1.54) is 63.3 Å². The normalized spacial score (nSPS) is 21.0. The third-order valence-electron chi connectivity index (χ3n) is 6.33. The molecule has 29 heavy (non-hydrogen) atoms. The van der Waals surface area contributed by atoms with E-state index in [0.717, 1.165) is 11.5 Å². The van der Waals surface area contributed by atoms with Crippen LogP contribution in [0.25, 0.3) is 0 Å². The zero-order chi connectivity index (χ0) is 20.9. The number of methoxy groups -OCH3 is 1. The van der Waals surface area contributed by atoms with Crippen molar-refractivity contribution in [3.8, 4) is 5.75 Å². The number of alkyl halides is 3. The zero-order valence-corrected chi connectivity index (χ0v) is 17.3. The molecule has 0 radical (unpaired) electrons. The van der Waals surface area contributed by atoms with E-state index in [9.17, 15) is 13.2 Å². The molecule has 0 amide bonds. The van der Waals surface area contributed by atoms with Crippen molar-refractivity contribution in [2.75, 3.05) is 7.11 Å². The van der Waals surface area contributed by atoms with Gasteiger partial charge < -0.3 is 4.74 Å². The van der Waals surface area contributed by atoms with E-state index in [2.05, 4.69) is 6.92 Å². The average molecular weight is 405 g/mol. The molecule has 158 valence electrons. The third kappa shape index (κ3) is 5.77. The highest BCUT2D eigenvalue weighted by Gasteiger charge is 2.40. The summed E-state index contributed by atoms with van der Waals surface area (Å²) < 4.78 is 46.4. The van der Waals surface area contributed by atoms with Gasteiger partial charge in [-0.3, -0.25) is 0 Å². The number of halogens is 3. The summed E-state index contributed by atoms with van der Waals surface area (Å²) in [6.45, 7) is 2.24. The number of hydrogen-bond acceptors (Lipinski definition) is 1. The van der Waals surface area contributed by atoms with Crippen molar-refractivity contribution in [3.63, 3.8) is 0 Å². The molecular formula is C25H31F3O. The predicted octanol–water partition coefficient (Wildman–Crippen LogP) is 7.66. The molecule has 1 saturated carbocycles. The Bertz CT molecular complexity index is 758. The molecule has 0 unspecified atom stereocenters. The van der Waals surface area contributed by atoms with Gasteiger partial charge in [0.05, 0.1) is 13.0 Å². The van der Waals surface area contributed by atoms with Crippen LogP contribution in [0.5, 0.6) is 5.75 Å². The SMILES string of the molecule is CCC[C@H]1CC[C@H](c2ccc(C[C@@H](c3cccc(OC)c3)C(F)(F)F)cc2)CC1. The van der Waals surface area contributed by atoms with Crippen LogP contribution in [0.15, 0.2) is 48.5 Å². The average Bonchev–Trinajstić information content (AvgIpc) is 2.72. The highest BCUT2D eigenvalue weighted by atomic mass is 19.4. The molecule has 1 nitrogen and oxygen atoms in total. The fourth-order valence-corrected chi connectivity index (χ4v) is 4.64. The molecule has 2 aromatic carbocycles. The van der Waals surface area contributed by atoms with Crippen LogP contribution >= 0.6 is 0 Å². The van der Waals surface area contributed by atoms with Gasteiger partial charge in [0.15, 0.2) is 0 Å². The Morgan fingerprint density at radius 3 is 2.28 bits per heavy atom. The molecule has 3 rings (SSSR count). The molecule has 1 aliphatic rings. The summed E-state index contributed by atoms with van der Waals surface area (Å²) in [5.41, 5.74) is 2.24. The molecule has 2 aromatic rings. The first kappa shape index (κ1) is 21.7. The van der Waals surface area contributed by atoms with Gasteiger partial charge in [0.1, 0.15) is 5.75 Å². The van der Waals surface area contributed by atoms with Gasteiger partial charge in [0, 0.05) is 0 Å². The van der Waals surface area contributed by atoms with Crippen molar-refractivity contribution in [3.05, 3.63) is 65.2 Å². The lowest BCUT2D eigenvalue weighted by Gasteiger charge is -2.29. The van der Waals surface area contributed by atoms with Crippen molar-refractivity contribution in [1.29, 1.82) is 0 Å². The minimum Gasteiger partial charge on any atom is -0.497 e. The van der Waals surface area contributed by atoms with Gasteiger partial charge in [-0.05, 0) is 72.8 Å². The van der Waals surface area contributed by atoms with Gasteiger partial charge in [-0.1, -0.05) is 56.2 Å². The lowest BCUT2D eigenvalue weighted by atomic mass is 9.77. The van der Waals surface area contributed by atoms with Crippen LogP contribution < -0.4 is 4.74 Å². The van der Waals surface area contributed by atoms with E-state index in [1.54, 1.807) is 12.1 Å². The van der Waals surface area contributed by atoms with Crippen LogP contribution in [0, 0.1) is 5.92 Å². The summed E-state index contributed by atoms with van der Waals surface area (Å²) in [6, 6.07) is 14.1. The summed E-state index contributed by atoms with van der Waals surface area (Å²) in [4.78, 5) is 0. The maximum absolute atomic E-state index is 13.8. The molecule has 0 bridgehead atoms. The largest absolute Gasteiger partial charge is 0.497 e. The Morgan fingerprint density at radius 2 is 1.69 bits per heavy atom. The highest BCUT2D eigenvalue weighted by Crippen LogP contribution is 2.40. The first-order chi connectivity index (χ1) is 13.9. The van der Waals surface area contributed by atoms with Gasteiger partial charge in [-0.15, -0.1) is 0 Å². The Labute approximate surface area is 172 Å². The second-order valence-electron chi connectivity index (χ2n) is 8.32. The lowest BCUT2D eigenvalue weighted by molar-refractivity contribution is -0.150. The molecule has 0 aliphatic heterocycles. The minimum absolute atomic E-state index is 0.0554. The Kier molecular flexibility index (Phi) is 7.26. The standard InChI is InChI=1S/C25H31F3O/c1-3-5-18-8-12-20(13-9-18)21-14-10-19(11-15-21)16-24(25(26,27)28)22-6-4-7-23(17-22)29-2/h4,6-7,10-11,14-15,17-18,20,24H,3,5,8-9,12-13,16H2,1-2H3/t18-,20-,24-/m0/s1. The Morgan fingerprint density at radius 1 is 1.00 bits per heavy atom. The van der Waals surface area contributed by atoms with E-state index in [0.29, 0.717) is 11.7 Å². The summed E-state index contributed by atoms with van der Waals surface area (Å²) in [7, 11) is 1.47. The molecule has 0 spiro atoms. The van der Waals surface area contributed by atoms with Crippen LogP contribution in [-0.4, -0.2) is 13.3 Å². The summed E-state index contributed by atoms with van der Waals surface area (Å²) in [5.74, 6) is 0.318. The van der Waals surface area contributed by atoms with Crippen molar-refractivity contribution in [2.45, 2.75) is 69.9 Å². The van der Waals surface area contributed by atoms with E-state index in [1.807, 2.05) is 24.3 Å². The van der Waals surface area contributed by atoms with Gasteiger partial charge in [-0.2, -0.15) is 13.2 Å². The number of ether oxygens (including phenoxy) is 1. The van der Waals surface area contributed by atoms with Gasteiger partial charge in [0.2, 0.25) is 0 Å². The van der Waals surface area contributed by atoms with Gasteiger partial charge in [-0.25, -0.2) is 0 Å². The van der Waals surface area contributed by atoms with E-state index < -0.39 is 12.1 Å². The summed E-state index contributed by atoms with van der Waals surface area (Å²) >= 11 is 0. The van der Waals surface area contributed by atoms with E-state index in [4.69, 9.17) is 4.74 Å². The van der Waals surface area contributed by atoms with Crippen molar-refractivity contribution >= 4 is 0 Å². The molecule has 1 fully saturated rings. The van der Waals surface area contributed by atoms with Gasteiger partial charge >= 0.3 is 6.18 Å². The minimum atomic E-state index is -4.30. The van der Waals surface area contributed by atoms with Gasteiger partial charge in [0.25, 0.3) is 0 Å². The third-order valence-corrected chi connectivity index (χ3v) is 6.33. The number of rotatable bonds is 7. The summed E-state index contributed by atoms with van der Waals surface area (Å²) in [5, 5.41) is 0.